The van der Waals surface area contributed by atoms with Crippen molar-refractivity contribution in [2.24, 2.45) is 0 Å². The Morgan fingerprint density at radius 2 is 2.04 bits per heavy atom. The maximum atomic E-state index is 12.1. The van der Waals surface area contributed by atoms with Crippen molar-refractivity contribution in [3.05, 3.63) is 59.6 Å². The highest BCUT2D eigenvalue weighted by molar-refractivity contribution is 6.50. The van der Waals surface area contributed by atoms with Crippen LogP contribution in [0.25, 0.3) is 11.4 Å². The molecule has 1 aliphatic carbocycles. The van der Waals surface area contributed by atoms with Gasteiger partial charge in [0.1, 0.15) is 0 Å². The topological polar surface area (TPSA) is 105 Å². The highest BCUT2D eigenvalue weighted by atomic mass is 16.5. The molecule has 1 aliphatic rings. The van der Waals surface area contributed by atoms with Crippen LogP contribution in [0.2, 0.25) is 0 Å². The fourth-order valence-corrected chi connectivity index (χ4v) is 2.42. The van der Waals surface area contributed by atoms with Crippen LogP contribution in [0.1, 0.15) is 28.8 Å². The highest BCUT2D eigenvalue weighted by Gasteiger charge is 2.20. The molecule has 2 aromatic heterocycles. The predicted molar refractivity (Wildman–Crippen MR) is 94.6 cm³/mol. The van der Waals surface area contributed by atoms with E-state index in [2.05, 4.69) is 10.1 Å². The van der Waals surface area contributed by atoms with E-state index in [0.717, 1.165) is 5.69 Å². The molecule has 2 aromatic rings. The molecule has 0 unspecified atom stereocenters. The largest absolute Gasteiger partial charge is 0.461 e. The number of hydrogen-bond acceptors (Lipinski definition) is 6. The van der Waals surface area contributed by atoms with Gasteiger partial charge in [0, 0.05) is 11.3 Å². The number of hydrogen-bond donors (Lipinski definition) is 2. The van der Waals surface area contributed by atoms with Gasteiger partial charge in [0.25, 0.3) is 0 Å². The normalized spacial score (nSPS) is 13.8. The summed E-state index contributed by atoms with van der Waals surface area (Å²) < 4.78 is 6.59. The average molecular weight is 335 g/mol. The van der Waals surface area contributed by atoms with Gasteiger partial charge in [0.15, 0.2) is 11.5 Å². The molecule has 3 rings (SSSR count). The van der Waals surface area contributed by atoms with Crippen LogP contribution in [-0.2, 0) is 4.74 Å². The van der Waals surface area contributed by atoms with Crippen molar-refractivity contribution < 1.29 is 9.53 Å². The molecule has 0 aromatic carbocycles. The maximum absolute atomic E-state index is 12.1. The molecule has 0 amide bonds. The van der Waals surface area contributed by atoms with Crippen molar-refractivity contribution in [3.8, 4) is 5.82 Å². The Kier molecular flexibility index (Phi) is 4.38. The molecule has 7 nitrogen and oxygen atoms in total. The van der Waals surface area contributed by atoms with E-state index in [4.69, 9.17) is 15.6 Å². The van der Waals surface area contributed by atoms with E-state index in [1.807, 2.05) is 19.1 Å². The molecule has 0 saturated carbocycles. The minimum absolute atomic E-state index is 0.0973. The number of aryl methyl sites for hydroxylation is 1. The van der Waals surface area contributed by atoms with Crippen molar-refractivity contribution in [2.75, 3.05) is 6.61 Å². The number of carbonyl (C=O) groups is 1. The molecular formula is C18H17N5O2. The van der Waals surface area contributed by atoms with Crippen molar-refractivity contribution >= 4 is 23.0 Å². The van der Waals surface area contributed by atoms with Crippen LogP contribution in [0.15, 0.2) is 42.5 Å². The number of aromatic nitrogens is 3. The van der Waals surface area contributed by atoms with Crippen LogP contribution >= 0.6 is 0 Å². The lowest BCUT2D eigenvalue weighted by molar-refractivity contribution is 0.0519. The zero-order valence-corrected chi connectivity index (χ0v) is 13.9. The Morgan fingerprint density at radius 3 is 2.72 bits per heavy atom. The Labute approximate surface area is 144 Å². The van der Waals surface area contributed by atoms with Crippen molar-refractivity contribution in [3.63, 3.8) is 0 Å². The van der Waals surface area contributed by atoms with Crippen LogP contribution in [-0.4, -0.2) is 38.8 Å². The number of esters is 1. The summed E-state index contributed by atoms with van der Waals surface area (Å²) in [6, 6.07) is 7.13. The van der Waals surface area contributed by atoms with E-state index in [1.54, 1.807) is 42.0 Å². The number of ether oxygens (including phenoxy) is 1. The van der Waals surface area contributed by atoms with Gasteiger partial charge in [-0.2, -0.15) is 5.10 Å². The second-order valence-corrected chi connectivity index (χ2v) is 5.44. The number of nitrogens with one attached hydrogen (secondary N) is 2. The van der Waals surface area contributed by atoms with Crippen molar-refractivity contribution in [1.29, 1.82) is 10.8 Å². The fraction of sp³-hybridized carbons (Fsp3) is 0.167. The number of pyridine rings is 1. The molecule has 126 valence electrons. The Balaban J connectivity index is 2.14. The van der Waals surface area contributed by atoms with Crippen LogP contribution in [0.4, 0.5) is 0 Å². The monoisotopic (exact) mass is 335 g/mol. The van der Waals surface area contributed by atoms with E-state index in [-0.39, 0.29) is 23.7 Å². The lowest BCUT2D eigenvalue weighted by Crippen LogP contribution is -2.12. The van der Waals surface area contributed by atoms with E-state index in [0.29, 0.717) is 17.1 Å². The quantitative estimate of drug-likeness (QED) is 0.662. The summed E-state index contributed by atoms with van der Waals surface area (Å²) in [5, 5.41) is 19.8. The Bertz CT molecular complexity index is 937. The first kappa shape index (κ1) is 16.5. The third-order valence-electron chi connectivity index (χ3n) is 3.60. The molecule has 0 radical (unpaired) electrons. The summed E-state index contributed by atoms with van der Waals surface area (Å²) in [6.45, 7) is 3.86. The summed E-state index contributed by atoms with van der Waals surface area (Å²) in [7, 11) is 0. The summed E-state index contributed by atoms with van der Waals surface area (Å²) in [6.07, 6.45) is 4.84. The standard InChI is InChI=1S/C18H17N5O2/c1-3-25-18(24)15-10-16(12-7-8-13(19)14(20)9-12)23(22-15)17-6-4-5-11(2)21-17/h4-10,19-20H,3H2,1-2H3. The average Bonchev–Trinajstić information content (AvgIpc) is 3.03. The molecule has 2 heterocycles. The molecule has 0 fully saturated rings. The summed E-state index contributed by atoms with van der Waals surface area (Å²) >= 11 is 0. The number of rotatable bonds is 4. The van der Waals surface area contributed by atoms with Gasteiger partial charge in [-0.3, -0.25) is 10.8 Å². The SMILES string of the molecule is CCOC(=O)c1cc(C2=CC(=N)C(=N)C=C2)n(-c2cccc(C)n2)n1. The first-order valence-electron chi connectivity index (χ1n) is 7.78. The van der Waals surface area contributed by atoms with Crippen molar-refractivity contribution in [2.45, 2.75) is 13.8 Å². The van der Waals surface area contributed by atoms with E-state index in [1.165, 1.54) is 0 Å². The Morgan fingerprint density at radius 1 is 1.24 bits per heavy atom. The van der Waals surface area contributed by atoms with Gasteiger partial charge in [0.2, 0.25) is 0 Å². The molecule has 2 N–H and O–H groups in total. The summed E-state index contributed by atoms with van der Waals surface area (Å²) in [5.74, 6) is 0.0467. The molecule has 0 spiro atoms. The number of nitrogens with zero attached hydrogens (tertiary/aromatic N) is 3. The van der Waals surface area contributed by atoms with E-state index < -0.39 is 5.97 Å². The minimum Gasteiger partial charge on any atom is -0.461 e. The third kappa shape index (κ3) is 3.30. The van der Waals surface area contributed by atoms with Crippen LogP contribution in [0.3, 0.4) is 0 Å². The van der Waals surface area contributed by atoms with Gasteiger partial charge in [-0.05, 0) is 44.2 Å². The zero-order valence-electron chi connectivity index (χ0n) is 13.9. The molecule has 0 saturated heterocycles. The number of carbonyl (C=O) groups excluding carboxylic acids is 1. The maximum Gasteiger partial charge on any atom is 0.358 e. The molecule has 0 bridgehead atoms. The number of allylic oxidation sites excluding steroid dienone is 4. The van der Waals surface area contributed by atoms with Gasteiger partial charge >= 0.3 is 5.97 Å². The Hall–Kier alpha value is -3.35. The van der Waals surface area contributed by atoms with Crippen molar-refractivity contribution in [1.82, 2.24) is 14.8 Å². The zero-order chi connectivity index (χ0) is 18.0. The summed E-state index contributed by atoms with van der Waals surface area (Å²) in [5.41, 5.74) is 2.50. The van der Waals surface area contributed by atoms with Gasteiger partial charge < -0.3 is 4.74 Å². The van der Waals surface area contributed by atoms with Crippen LogP contribution < -0.4 is 0 Å². The van der Waals surface area contributed by atoms with E-state index in [9.17, 15) is 4.79 Å². The second kappa shape index (κ2) is 6.64. The highest BCUT2D eigenvalue weighted by Crippen LogP contribution is 2.23. The molecule has 25 heavy (non-hydrogen) atoms. The van der Waals surface area contributed by atoms with E-state index >= 15 is 0 Å². The minimum atomic E-state index is -0.515. The van der Waals surface area contributed by atoms with Gasteiger partial charge in [-0.25, -0.2) is 14.5 Å². The molecule has 0 aliphatic heterocycles. The lowest BCUT2D eigenvalue weighted by atomic mass is 10.0. The van der Waals surface area contributed by atoms with Gasteiger partial charge in [-0.1, -0.05) is 12.1 Å². The van der Waals surface area contributed by atoms with Crippen LogP contribution in [0, 0.1) is 17.7 Å². The summed E-state index contributed by atoms with van der Waals surface area (Å²) in [4.78, 5) is 16.5. The first-order valence-corrected chi connectivity index (χ1v) is 7.78. The van der Waals surface area contributed by atoms with Gasteiger partial charge in [0.05, 0.1) is 23.7 Å². The smallest absolute Gasteiger partial charge is 0.358 e. The second-order valence-electron chi connectivity index (χ2n) is 5.44. The molecule has 0 atom stereocenters. The fourth-order valence-electron chi connectivity index (χ4n) is 2.42. The molecular weight excluding hydrogens is 318 g/mol. The third-order valence-corrected chi connectivity index (χ3v) is 3.60. The predicted octanol–water partition coefficient (Wildman–Crippen LogP) is 2.75. The molecule has 7 heteroatoms. The van der Waals surface area contributed by atoms with Crippen LogP contribution in [0.5, 0.6) is 0 Å². The van der Waals surface area contributed by atoms with Gasteiger partial charge in [-0.15, -0.1) is 0 Å². The lowest BCUT2D eigenvalue weighted by Gasteiger charge is -2.11. The first-order chi connectivity index (χ1) is 12.0.